The van der Waals surface area contributed by atoms with Gasteiger partial charge in [-0.05, 0) is 43.7 Å². The average molecular weight is 505 g/mol. The van der Waals surface area contributed by atoms with Crippen LogP contribution in [0.1, 0.15) is 49.0 Å². The number of anilines is 1. The third-order valence-corrected chi connectivity index (χ3v) is 5.77. The molecular formula is C25H23F3N2O4S. The van der Waals surface area contributed by atoms with Gasteiger partial charge in [0.25, 0.3) is 5.91 Å². The first-order chi connectivity index (χ1) is 16.7. The molecule has 0 aliphatic heterocycles. The maximum atomic E-state index is 14.9. The van der Waals surface area contributed by atoms with E-state index in [1.165, 1.54) is 19.1 Å². The number of halogens is 3. The molecule has 1 heterocycles. The molecule has 35 heavy (non-hydrogen) atoms. The zero-order valence-electron chi connectivity index (χ0n) is 19.0. The van der Waals surface area contributed by atoms with E-state index in [-0.39, 0.29) is 33.3 Å². The quantitative estimate of drug-likeness (QED) is 0.242. The van der Waals surface area contributed by atoms with Gasteiger partial charge in [0.1, 0.15) is 11.6 Å². The normalized spacial score (nSPS) is 11.4. The minimum absolute atomic E-state index is 0.102. The second-order valence-electron chi connectivity index (χ2n) is 7.65. The SMILES string of the molecule is CCCCCOc1cccc(-c2csc(NC(=O)c3cc(F)c(/C=C(\C)C(=O)O)c(F)c3)n2)c1F. The largest absolute Gasteiger partial charge is 0.490 e. The highest BCUT2D eigenvalue weighted by Crippen LogP contribution is 2.32. The molecule has 0 radical (unpaired) electrons. The predicted octanol–water partition coefficient (Wildman–Crippen LogP) is 6.54. The molecule has 1 amide bonds. The van der Waals surface area contributed by atoms with Crippen LogP contribution in [-0.2, 0) is 4.79 Å². The lowest BCUT2D eigenvalue weighted by molar-refractivity contribution is -0.132. The summed E-state index contributed by atoms with van der Waals surface area (Å²) in [7, 11) is 0. The van der Waals surface area contributed by atoms with Gasteiger partial charge in [-0.25, -0.2) is 22.9 Å². The van der Waals surface area contributed by atoms with Crippen LogP contribution >= 0.6 is 11.3 Å². The summed E-state index contributed by atoms with van der Waals surface area (Å²) < 4.78 is 49.1. The minimum Gasteiger partial charge on any atom is -0.490 e. The average Bonchev–Trinajstić information content (AvgIpc) is 3.27. The Morgan fingerprint density at radius 1 is 1.17 bits per heavy atom. The molecule has 0 fully saturated rings. The van der Waals surface area contributed by atoms with Crippen molar-refractivity contribution in [3.63, 3.8) is 0 Å². The molecule has 0 aliphatic carbocycles. The number of rotatable bonds is 10. The van der Waals surface area contributed by atoms with Crippen LogP contribution in [-0.4, -0.2) is 28.6 Å². The molecule has 2 aromatic carbocycles. The van der Waals surface area contributed by atoms with Crippen molar-refractivity contribution in [3.8, 4) is 17.0 Å². The number of aromatic nitrogens is 1. The zero-order chi connectivity index (χ0) is 25.5. The number of hydrogen-bond donors (Lipinski definition) is 2. The number of benzene rings is 2. The number of carboxylic acids is 1. The van der Waals surface area contributed by atoms with E-state index in [1.54, 1.807) is 11.4 Å². The molecule has 0 saturated heterocycles. The molecule has 0 unspecified atom stereocenters. The van der Waals surface area contributed by atoms with Crippen molar-refractivity contribution in [2.24, 2.45) is 0 Å². The summed E-state index contributed by atoms with van der Waals surface area (Å²) in [5.74, 6) is -4.80. The summed E-state index contributed by atoms with van der Waals surface area (Å²) in [6.45, 7) is 3.64. The van der Waals surface area contributed by atoms with Crippen LogP contribution in [0.2, 0.25) is 0 Å². The van der Waals surface area contributed by atoms with Gasteiger partial charge in [-0.15, -0.1) is 11.3 Å². The Kier molecular flexibility index (Phi) is 8.64. The number of carbonyl (C=O) groups is 2. The lowest BCUT2D eigenvalue weighted by Gasteiger charge is -2.09. The van der Waals surface area contributed by atoms with Crippen LogP contribution in [0.25, 0.3) is 17.3 Å². The fourth-order valence-electron chi connectivity index (χ4n) is 3.11. The van der Waals surface area contributed by atoms with Crippen LogP contribution in [0.3, 0.4) is 0 Å². The number of hydrogen-bond acceptors (Lipinski definition) is 5. The number of carboxylic acid groups (broad SMARTS) is 1. The smallest absolute Gasteiger partial charge is 0.331 e. The first-order valence-electron chi connectivity index (χ1n) is 10.8. The van der Waals surface area contributed by atoms with E-state index in [0.717, 1.165) is 48.8 Å². The van der Waals surface area contributed by atoms with Gasteiger partial charge in [-0.3, -0.25) is 10.1 Å². The molecule has 3 aromatic rings. The van der Waals surface area contributed by atoms with E-state index in [2.05, 4.69) is 17.2 Å². The standard InChI is InChI=1S/C25H23F3N2O4S/c1-3-4-5-9-34-21-8-6-7-16(22(21)28)20-13-35-25(29-20)30-23(31)15-11-18(26)17(19(27)12-15)10-14(2)24(32)33/h6-8,10-13H,3-5,9H2,1-2H3,(H,32,33)(H,29,30,31)/b14-10+. The van der Waals surface area contributed by atoms with Crippen LogP contribution in [0.4, 0.5) is 18.3 Å². The summed E-state index contributed by atoms with van der Waals surface area (Å²) in [4.78, 5) is 27.6. The number of unbranched alkanes of at least 4 members (excludes halogenated alkanes) is 2. The van der Waals surface area contributed by atoms with Crippen molar-refractivity contribution in [3.05, 3.63) is 69.9 Å². The zero-order valence-corrected chi connectivity index (χ0v) is 19.8. The third-order valence-electron chi connectivity index (χ3n) is 5.01. The first kappa shape index (κ1) is 26.0. The highest BCUT2D eigenvalue weighted by atomic mass is 32.1. The molecule has 10 heteroatoms. The van der Waals surface area contributed by atoms with E-state index in [9.17, 15) is 22.8 Å². The van der Waals surface area contributed by atoms with Gasteiger partial charge >= 0.3 is 5.97 Å². The number of aliphatic carboxylic acids is 1. The van der Waals surface area contributed by atoms with Crippen molar-refractivity contribution < 1.29 is 32.6 Å². The first-order valence-corrected chi connectivity index (χ1v) is 11.7. The van der Waals surface area contributed by atoms with Gasteiger partial charge in [-0.1, -0.05) is 25.8 Å². The van der Waals surface area contributed by atoms with Gasteiger partial charge in [0.2, 0.25) is 0 Å². The molecule has 0 aliphatic rings. The van der Waals surface area contributed by atoms with Crippen molar-refractivity contribution >= 4 is 34.4 Å². The van der Waals surface area contributed by atoms with Gasteiger partial charge in [-0.2, -0.15) is 0 Å². The Balaban J connectivity index is 1.76. The molecule has 184 valence electrons. The molecule has 0 spiro atoms. The van der Waals surface area contributed by atoms with E-state index in [1.807, 2.05) is 0 Å². The fraction of sp³-hybridized carbons (Fsp3) is 0.240. The summed E-state index contributed by atoms with van der Waals surface area (Å²) in [5.41, 5.74) is -0.695. The second kappa shape index (κ2) is 11.7. The van der Waals surface area contributed by atoms with Gasteiger partial charge in [0.15, 0.2) is 16.7 Å². The van der Waals surface area contributed by atoms with Crippen LogP contribution in [0, 0.1) is 17.5 Å². The molecule has 6 nitrogen and oxygen atoms in total. The maximum Gasteiger partial charge on any atom is 0.331 e. The van der Waals surface area contributed by atoms with E-state index < -0.39 is 34.9 Å². The Morgan fingerprint density at radius 2 is 1.89 bits per heavy atom. The number of thiazole rings is 1. The summed E-state index contributed by atoms with van der Waals surface area (Å²) in [6.07, 6.45) is 3.65. The molecule has 3 rings (SSSR count). The van der Waals surface area contributed by atoms with Gasteiger partial charge in [0.05, 0.1) is 12.3 Å². The summed E-state index contributed by atoms with van der Waals surface area (Å²) in [5, 5.41) is 13.0. The molecule has 0 saturated carbocycles. The van der Waals surface area contributed by atoms with Crippen molar-refractivity contribution in [1.29, 1.82) is 0 Å². The van der Waals surface area contributed by atoms with Gasteiger partial charge in [0, 0.05) is 27.6 Å². The molecule has 0 bridgehead atoms. The van der Waals surface area contributed by atoms with Crippen molar-refractivity contribution in [1.82, 2.24) is 4.98 Å². The summed E-state index contributed by atoms with van der Waals surface area (Å²) >= 11 is 1.02. The van der Waals surface area contributed by atoms with E-state index in [0.29, 0.717) is 6.61 Å². The molecule has 0 atom stereocenters. The Bertz CT molecular complexity index is 1250. The topological polar surface area (TPSA) is 88.5 Å². The monoisotopic (exact) mass is 504 g/mol. The van der Waals surface area contributed by atoms with E-state index >= 15 is 0 Å². The number of nitrogens with one attached hydrogen (secondary N) is 1. The fourth-order valence-corrected chi connectivity index (χ4v) is 3.82. The Morgan fingerprint density at radius 3 is 2.54 bits per heavy atom. The maximum absolute atomic E-state index is 14.9. The lowest BCUT2D eigenvalue weighted by Crippen LogP contribution is -2.13. The number of amides is 1. The third kappa shape index (κ3) is 6.48. The lowest BCUT2D eigenvalue weighted by atomic mass is 10.1. The number of ether oxygens (including phenoxy) is 1. The molecule has 2 N–H and O–H groups in total. The minimum atomic E-state index is -1.32. The van der Waals surface area contributed by atoms with E-state index in [4.69, 9.17) is 9.84 Å². The van der Waals surface area contributed by atoms with Crippen LogP contribution in [0.5, 0.6) is 5.75 Å². The second-order valence-corrected chi connectivity index (χ2v) is 8.51. The molecular weight excluding hydrogens is 481 g/mol. The molecule has 1 aromatic heterocycles. The highest BCUT2D eigenvalue weighted by molar-refractivity contribution is 7.14. The Labute approximate surface area is 204 Å². The van der Waals surface area contributed by atoms with Crippen molar-refractivity contribution in [2.45, 2.75) is 33.1 Å². The number of carbonyl (C=O) groups excluding carboxylic acids is 1. The number of nitrogens with zero attached hydrogens (tertiary/aromatic N) is 1. The van der Waals surface area contributed by atoms with Crippen molar-refractivity contribution in [2.75, 3.05) is 11.9 Å². The van der Waals surface area contributed by atoms with Crippen LogP contribution < -0.4 is 10.1 Å². The predicted molar refractivity (Wildman–Crippen MR) is 128 cm³/mol. The van der Waals surface area contributed by atoms with Gasteiger partial charge < -0.3 is 9.84 Å². The van der Waals surface area contributed by atoms with Crippen LogP contribution in [0.15, 0.2) is 41.3 Å². The summed E-state index contributed by atoms with van der Waals surface area (Å²) in [6, 6.07) is 6.30. The highest BCUT2D eigenvalue weighted by Gasteiger charge is 2.18. The Hall–Kier alpha value is -3.66.